The molecule has 1 heterocycles. The number of halogens is 2. The topological polar surface area (TPSA) is 35.6 Å². The number of piperazine rings is 1. The van der Waals surface area contributed by atoms with Crippen LogP contribution in [0.4, 0.5) is 20.2 Å². The van der Waals surface area contributed by atoms with Gasteiger partial charge in [-0.15, -0.1) is 0 Å². The molecule has 27 heavy (non-hydrogen) atoms. The third-order valence-corrected chi connectivity index (χ3v) is 5.15. The first kappa shape index (κ1) is 19.3. The van der Waals surface area contributed by atoms with Crippen molar-refractivity contribution in [2.45, 2.75) is 20.3 Å². The number of nitrogens with zero attached hydrogens (tertiary/aromatic N) is 2. The number of nitrogens with one attached hydrogen (secondary N) is 1. The molecule has 1 aliphatic rings. The van der Waals surface area contributed by atoms with E-state index in [1.165, 1.54) is 22.9 Å². The summed E-state index contributed by atoms with van der Waals surface area (Å²) in [5, 5.41) is 2.62. The molecule has 0 aliphatic carbocycles. The van der Waals surface area contributed by atoms with E-state index in [4.69, 9.17) is 0 Å². The highest BCUT2D eigenvalue weighted by Crippen LogP contribution is 2.23. The molecule has 1 amide bonds. The maximum atomic E-state index is 13.2. The average molecular weight is 373 g/mol. The quantitative estimate of drug-likeness (QED) is 0.867. The van der Waals surface area contributed by atoms with Crippen LogP contribution in [0.3, 0.4) is 0 Å². The Morgan fingerprint density at radius 1 is 1.04 bits per heavy atom. The Bertz CT molecular complexity index is 817. The second kappa shape index (κ2) is 8.48. The highest BCUT2D eigenvalue weighted by atomic mass is 19.2. The molecule has 2 aromatic rings. The Kier molecular flexibility index (Phi) is 6.06. The summed E-state index contributed by atoms with van der Waals surface area (Å²) in [7, 11) is 0. The van der Waals surface area contributed by atoms with E-state index in [-0.39, 0.29) is 11.6 Å². The molecule has 6 heteroatoms. The van der Waals surface area contributed by atoms with Gasteiger partial charge in [-0.1, -0.05) is 12.1 Å². The maximum absolute atomic E-state index is 13.2. The standard InChI is InChI=1S/C21H25F2N3O/c1-15-4-3-5-20(16(15)2)26-12-10-25(11-13-26)9-8-21(27)24-17-6-7-18(22)19(23)14-17/h3-7,14H,8-13H2,1-2H3,(H,24,27). The number of carbonyl (C=O) groups is 1. The van der Waals surface area contributed by atoms with Gasteiger partial charge in [-0.05, 0) is 43.2 Å². The van der Waals surface area contributed by atoms with Crippen LogP contribution in [0.15, 0.2) is 36.4 Å². The predicted molar refractivity (Wildman–Crippen MR) is 104 cm³/mol. The fraction of sp³-hybridized carbons (Fsp3) is 0.381. The number of aryl methyl sites for hydroxylation is 1. The van der Waals surface area contributed by atoms with Crippen LogP contribution in [0.1, 0.15) is 17.5 Å². The predicted octanol–water partition coefficient (Wildman–Crippen LogP) is 3.73. The van der Waals surface area contributed by atoms with Crippen molar-refractivity contribution >= 4 is 17.3 Å². The van der Waals surface area contributed by atoms with E-state index in [1.54, 1.807) is 0 Å². The van der Waals surface area contributed by atoms with Gasteiger partial charge in [0.1, 0.15) is 0 Å². The van der Waals surface area contributed by atoms with Crippen molar-refractivity contribution < 1.29 is 13.6 Å². The van der Waals surface area contributed by atoms with Gasteiger partial charge >= 0.3 is 0 Å². The van der Waals surface area contributed by atoms with Crippen molar-refractivity contribution in [1.29, 1.82) is 0 Å². The van der Waals surface area contributed by atoms with Gasteiger partial charge in [0.05, 0.1) is 0 Å². The van der Waals surface area contributed by atoms with Gasteiger partial charge in [0.15, 0.2) is 11.6 Å². The van der Waals surface area contributed by atoms with Crippen LogP contribution in [0.5, 0.6) is 0 Å². The van der Waals surface area contributed by atoms with Gasteiger partial charge in [-0.2, -0.15) is 0 Å². The largest absolute Gasteiger partial charge is 0.369 e. The molecule has 0 saturated carbocycles. The van der Waals surface area contributed by atoms with E-state index in [0.29, 0.717) is 13.0 Å². The summed E-state index contributed by atoms with van der Waals surface area (Å²) in [4.78, 5) is 16.7. The molecule has 0 atom stereocenters. The zero-order chi connectivity index (χ0) is 19.4. The number of anilines is 2. The molecule has 1 saturated heterocycles. The maximum Gasteiger partial charge on any atom is 0.225 e. The van der Waals surface area contributed by atoms with Gasteiger partial charge in [0, 0.05) is 56.6 Å². The van der Waals surface area contributed by atoms with Crippen LogP contribution in [0.25, 0.3) is 0 Å². The van der Waals surface area contributed by atoms with Crippen molar-refractivity contribution in [2.24, 2.45) is 0 Å². The SMILES string of the molecule is Cc1cccc(N2CCN(CCC(=O)Nc3ccc(F)c(F)c3)CC2)c1C. The van der Waals surface area contributed by atoms with Crippen LogP contribution in [0.2, 0.25) is 0 Å². The number of carbonyl (C=O) groups excluding carboxylic acids is 1. The van der Waals surface area contributed by atoms with Crippen LogP contribution >= 0.6 is 0 Å². The van der Waals surface area contributed by atoms with E-state index < -0.39 is 11.6 Å². The summed E-state index contributed by atoms with van der Waals surface area (Å²) in [5.41, 5.74) is 4.17. The van der Waals surface area contributed by atoms with Crippen LogP contribution in [-0.2, 0) is 4.79 Å². The first-order valence-corrected chi connectivity index (χ1v) is 9.22. The molecular formula is C21H25F2N3O. The van der Waals surface area contributed by atoms with Crippen molar-refractivity contribution in [3.63, 3.8) is 0 Å². The first-order valence-electron chi connectivity index (χ1n) is 9.22. The molecule has 0 unspecified atom stereocenters. The number of hydrogen-bond acceptors (Lipinski definition) is 3. The lowest BCUT2D eigenvalue weighted by Crippen LogP contribution is -2.47. The molecule has 144 valence electrons. The van der Waals surface area contributed by atoms with Gasteiger partial charge in [0.25, 0.3) is 0 Å². The summed E-state index contributed by atoms with van der Waals surface area (Å²) in [6.07, 6.45) is 0.322. The van der Waals surface area contributed by atoms with E-state index in [2.05, 4.69) is 47.2 Å². The van der Waals surface area contributed by atoms with Gasteiger partial charge in [-0.25, -0.2) is 8.78 Å². The number of rotatable bonds is 5. The molecule has 1 fully saturated rings. The summed E-state index contributed by atoms with van der Waals surface area (Å²) in [6.45, 7) is 8.57. The Balaban J connectivity index is 1.46. The normalized spacial score (nSPS) is 15.0. The fourth-order valence-electron chi connectivity index (χ4n) is 3.35. The summed E-state index contributed by atoms with van der Waals surface area (Å²) in [6, 6.07) is 9.74. The van der Waals surface area contributed by atoms with Crippen molar-refractivity contribution in [2.75, 3.05) is 42.9 Å². The summed E-state index contributed by atoms with van der Waals surface area (Å²) >= 11 is 0. The Hall–Kier alpha value is -2.47. The third kappa shape index (κ3) is 4.83. The number of amides is 1. The van der Waals surface area contributed by atoms with E-state index >= 15 is 0 Å². The van der Waals surface area contributed by atoms with Crippen LogP contribution in [-0.4, -0.2) is 43.5 Å². The Morgan fingerprint density at radius 2 is 1.78 bits per heavy atom. The molecule has 3 rings (SSSR count). The smallest absolute Gasteiger partial charge is 0.225 e. The highest BCUT2D eigenvalue weighted by Gasteiger charge is 2.19. The van der Waals surface area contributed by atoms with Crippen LogP contribution < -0.4 is 10.2 Å². The summed E-state index contributed by atoms with van der Waals surface area (Å²) < 4.78 is 26.1. The number of benzene rings is 2. The molecular weight excluding hydrogens is 348 g/mol. The van der Waals surface area contributed by atoms with Gasteiger partial charge in [-0.3, -0.25) is 9.69 Å². The lowest BCUT2D eigenvalue weighted by atomic mass is 10.1. The van der Waals surface area contributed by atoms with Gasteiger partial charge < -0.3 is 10.2 Å². The second-order valence-electron chi connectivity index (χ2n) is 6.97. The lowest BCUT2D eigenvalue weighted by molar-refractivity contribution is -0.116. The molecule has 4 nitrogen and oxygen atoms in total. The number of hydrogen-bond donors (Lipinski definition) is 1. The van der Waals surface area contributed by atoms with Crippen LogP contribution in [0, 0.1) is 25.5 Å². The average Bonchev–Trinajstić information content (AvgIpc) is 2.66. The molecule has 0 aromatic heterocycles. The van der Waals surface area contributed by atoms with Crippen molar-refractivity contribution in [3.05, 3.63) is 59.2 Å². The molecule has 0 radical (unpaired) electrons. The minimum atomic E-state index is -0.963. The van der Waals surface area contributed by atoms with E-state index in [9.17, 15) is 13.6 Å². The molecule has 0 spiro atoms. The van der Waals surface area contributed by atoms with Crippen molar-refractivity contribution in [1.82, 2.24) is 4.90 Å². The zero-order valence-electron chi connectivity index (χ0n) is 15.8. The Morgan fingerprint density at radius 3 is 2.48 bits per heavy atom. The second-order valence-corrected chi connectivity index (χ2v) is 6.97. The van der Waals surface area contributed by atoms with E-state index in [1.807, 2.05) is 0 Å². The fourth-order valence-corrected chi connectivity index (χ4v) is 3.35. The van der Waals surface area contributed by atoms with Gasteiger partial charge in [0.2, 0.25) is 5.91 Å². The Labute approximate surface area is 158 Å². The molecule has 1 aliphatic heterocycles. The molecule has 1 N–H and O–H groups in total. The highest BCUT2D eigenvalue weighted by molar-refractivity contribution is 5.90. The third-order valence-electron chi connectivity index (χ3n) is 5.15. The monoisotopic (exact) mass is 373 g/mol. The van der Waals surface area contributed by atoms with Crippen molar-refractivity contribution in [3.8, 4) is 0 Å². The first-order chi connectivity index (χ1) is 12.9. The molecule has 2 aromatic carbocycles. The summed E-state index contributed by atoms with van der Waals surface area (Å²) in [5.74, 6) is -2.08. The molecule has 0 bridgehead atoms. The van der Waals surface area contributed by atoms with E-state index in [0.717, 1.165) is 38.3 Å². The minimum absolute atomic E-state index is 0.196. The lowest BCUT2D eigenvalue weighted by Gasteiger charge is -2.37. The minimum Gasteiger partial charge on any atom is -0.369 e. The zero-order valence-corrected chi connectivity index (χ0v) is 15.8.